The molecule has 0 aliphatic carbocycles. The Balaban J connectivity index is 1.48. The second-order valence-electron chi connectivity index (χ2n) is 7.86. The van der Waals surface area contributed by atoms with Crippen LogP contribution < -0.4 is 5.32 Å². The van der Waals surface area contributed by atoms with E-state index in [1.165, 1.54) is 0 Å². The quantitative estimate of drug-likeness (QED) is 0.234. The molecule has 0 atom stereocenters. The topological polar surface area (TPSA) is 108 Å². The van der Waals surface area contributed by atoms with Crippen molar-refractivity contribution in [3.8, 4) is 0 Å². The van der Waals surface area contributed by atoms with E-state index in [1.54, 1.807) is 59.7 Å². The number of hydrogen-bond donors (Lipinski definition) is 1. The highest BCUT2D eigenvalue weighted by molar-refractivity contribution is 6.42. The second-order valence-corrected chi connectivity index (χ2v) is 9.08. The molecular weight excluding hydrogens is 515 g/mol. The number of aromatic nitrogens is 4. The van der Waals surface area contributed by atoms with Gasteiger partial charge in [-0.15, -0.1) is 0 Å². The molecule has 2 aromatic carbocycles. The van der Waals surface area contributed by atoms with Gasteiger partial charge in [-0.1, -0.05) is 53.0 Å². The molecule has 0 unspecified atom stereocenters. The number of hydrogen-bond acceptors (Lipinski definition) is 5. The van der Waals surface area contributed by atoms with E-state index < -0.39 is 10.8 Å². The van der Waals surface area contributed by atoms with Crippen LogP contribution in [0.2, 0.25) is 15.1 Å². The van der Waals surface area contributed by atoms with E-state index in [9.17, 15) is 14.9 Å². The maximum absolute atomic E-state index is 12.9. The summed E-state index contributed by atoms with van der Waals surface area (Å²) in [5.74, 6) is -0.177. The SMILES string of the molecule is Cc1nn(Cc2cccc(C(=O)Nc3nn(Cc4ccc(Cl)c(Cl)c4)cc3Cl)c2)c(C)c1[N+](=O)[O-]. The Morgan fingerprint density at radius 1 is 1.00 bits per heavy atom. The fourth-order valence-corrected chi connectivity index (χ4v) is 4.18. The van der Waals surface area contributed by atoms with Crippen LogP contribution in [0.5, 0.6) is 0 Å². The smallest absolute Gasteiger partial charge is 0.304 e. The normalized spacial score (nSPS) is 11.0. The van der Waals surface area contributed by atoms with Crippen LogP contribution in [0.1, 0.15) is 32.9 Å². The molecule has 0 bridgehead atoms. The van der Waals surface area contributed by atoms with Crippen molar-refractivity contribution < 1.29 is 9.72 Å². The molecule has 0 saturated carbocycles. The molecule has 0 fully saturated rings. The summed E-state index contributed by atoms with van der Waals surface area (Å²) < 4.78 is 3.13. The van der Waals surface area contributed by atoms with Gasteiger partial charge in [0.15, 0.2) is 5.82 Å². The number of aryl methyl sites for hydroxylation is 1. The largest absolute Gasteiger partial charge is 0.312 e. The number of carbonyl (C=O) groups excluding carboxylic acids is 1. The number of nitro groups is 1. The van der Waals surface area contributed by atoms with Gasteiger partial charge in [0.25, 0.3) is 5.91 Å². The van der Waals surface area contributed by atoms with Crippen molar-refractivity contribution in [3.05, 3.63) is 102 Å². The fraction of sp³-hybridized carbons (Fsp3) is 0.174. The van der Waals surface area contributed by atoms with Crippen molar-refractivity contribution in [2.24, 2.45) is 0 Å². The molecular formula is C23H19Cl3N6O3. The van der Waals surface area contributed by atoms with Crippen molar-refractivity contribution in [1.29, 1.82) is 0 Å². The van der Waals surface area contributed by atoms with Crippen LogP contribution in [0, 0.1) is 24.0 Å². The van der Waals surface area contributed by atoms with E-state index in [-0.39, 0.29) is 23.1 Å². The first-order valence-corrected chi connectivity index (χ1v) is 11.5. The lowest BCUT2D eigenvalue weighted by molar-refractivity contribution is -0.386. The van der Waals surface area contributed by atoms with Gasteiger partial charge in [-0.25, -0.2) is 0 Å². The molecule has 1 N–H and O–H groups in total. The summed E-state index contributed by atoms with van der Waals surface area (Å²) in [6, 6.07) is 12.2. The van der Waals surface area contributed by atoms with E-state index in [0.29, 0.717) is 33.5 Å². The first-order chi connectivity index (χ1) is 16.6. The van der Waals surface area contributed by atoms with E-state index >= 15 is 0 Å². The molecule has 2 aromatic heterocycles. The zero-order valence-corrected chi connectivity index (χ0v) is 20.9. The zero-order valence-electron chi connectivity index (χ0n) is 18.6. The van der Waals surface area contributed by atoms with Crippen molar-refractivity contribution in [1.82, 2.24) is 19.6 Å². The molecule has 4 aromatic rings. The molecule has 12 heteroatoms. The maximum atomic E-state index is 12.9. The van der Waals surface area contributed by atoms with Gasteiger partial charge in [0.1, 0.15) is 16.4 Å². The lowest BCUT2D eigenvalue weighted by Crippen LogP contribution is -2.14. The fourth-order valence-electron chi connectivity index (χ4n) is 3.66. The molecule has 0 spiro atoms. The number of nitrogens with one attached hydrogen (secondary N) is 1. The zero-order chi connectivity index (χ0) is 25.3. The van der Waals surface area contributed by atoms with E-state index in [1.807, 2.05) is 12.1 Å². The predicted octanol–water partition coefficient (Wildman–Crippen LogP) is 5.91. The molecule has 180 valence electrons. The number of rotatable bonds is 7. The lowest BCUT2D eigenvalue weighted by atomic mass is 10.1. The van der Waals surface area contributed by atoms with E-state index in [2.05, 4.69) is 15.5 Å². The third-order valence-corrected chi connectivity index (χ3v) is 6.34. The number of amides is 1. The van der Waals surface area contributed by atoms with Crippen LogP contribution in [0.15, 0.2) is 48.7 Å². The Bertz CT molecular complexity index is 1450. The summed E-state index contributed by atoms with van der Waals surface area (Å²) in [5.41, 5.74) is 2.79. The number of nitrogens with zero attached hydrogens (tertiary/aromatic N) is 5. The van der Waals surface area contributed by atoms with Crippen LogP contribution in [-0.4, -0.2) is 30.4 Å². The Hall–Kier alpha value is -3.40. The number of carbonyl (C=O) groups is 1. The summed E-state index contributed by atoms with van der Waals surface area (Å²) in [6.07, 6.45) is 1.60. The van der Waals surface area contributed by atoms with Gasteiger partial charge in [0.05, 0.1) is 28.1 Å². The van der Waals surface area contributed by atoms with Crippen LogP contribution in [0.4, 0.5) is 11.5 Å². The Morgan fingerprint density at radius 3 is 2.43 bits per heavy atom. The summed E-state index contributed by atoms with van der Waals surface area (Å²) in [7, 11) is 0. The van der Waals surface area contributed by atoms with Gasteiger partial charge in [-0.3, -0.25) is 24.3 Å². The summed E-state index contributed by atoms with van der Waals surface area (Å²) >= 11 is 18.3. The van der Waals surface area contributed by atoms with Gasteiger partial charge in [0, 0.05) is 11.8 Å². The first kappa shape index (κ1) is 24.7. The van der Waals surface area contributed by atoms with E-state index in [4.69, 9.17) is 34.8 Å². The maximum Gasteiger partial charge on any atom is 0.312 e. The molecule has 4 rings (SSSR count). The highest BCUT2D eigenvalue weighted by Gasteiger charge is 2.22. The van der Waals surface area contributed by atoms with Crippen LogP contribution in [0.25, 0.3) is 0 Å². The van der Waals surface area contributed by atoms with Crippen molar-refractivity contribution in [3.63, 3.8) is 0 Å². The molecule has 0 saturated heterocycles. The monoisotopic (exact) mass is 532 g/mol. The van der Waals surface area contributed by atoms with Crippen molar-refractivity contribution >= 4 is 52.2 Å². The molecule has 0 radical (unpaired) electrons. The van der Waals surface area contributed by atoms with Crippen LogP contribution in [-0.2, 0) is 13.1 Å². The summed E-state index contributed by atoms with van der Waals surface area (Å²) in [6.45, 7) is 3.90. The predicted molar refractivity (Wildman–Crippen MR) is 135 cm³/mol. The third-order valence-electron chi connectivity index (χ3n) is 5.32. The number of anilines is 1. The van der Waals surface area contributed by atoms with Crippen LogP contribution in [0.3, 0.4) is 0 Å². The summed E-state index contributed by atoms with van der Waals surface area (Å²) in [5, 5.41) is 23.8. The Kier molecular flexibility index (Phi) is 7.11. The summed E-state index contributed by atoms with van der Waals surface area (Å²) in [4.78, 5) is 23.7. The highest BCUT2D eigenvalue weighted by atomic mass is 35.5. The lowest BCUT2D eigenvalue weighted by Gasteiger charge is -2.07. The van der Waals surface area contributed by atoms with Gasteiger partial charge in [-0.2, -0.15) is 10.2 Å². The molecule has 0 aliphatic rings. The van der Waals surface area contributed by atoms with Gasteiger partial charge in [-0.05, 0) is 49.2 Å². The third kappa shape index (κ3) is 5.48. The van der Waals surface area contributed by atoms with Gasteiger partial charge in [0.2, 0.25) is 0 Å². The minimum atomic E-state index is -0.442. The minimum Gasteiger partial charge on any atom is -0.304 e. The van der Waals surface area contributed by atoms with E-state index in [0.717, 1.165) is 11.1 Å². The average molecular weight is 534 g/mol. The Morgan fingerprint density at radius 2 is 1.74 bits per heavy atom. The first-order valence-electron chi connectivity index (χ1n) is 10.4. The average Bonchev–Trinajstić information content (AvgIpc) is 3.28. The highest BCUT2D eigenvalue weighted by Crippen LogP contribution is 2.25. The molecule has 2 heterocycles. The number of benzene rings is 2. The van der Waals surface area contributed by atoms with Crippen LogP contribution >= 0.6 is 34.8 Å². The van der Waals surface area contributed by atoms with Gasteiger partial charge < -0.3 is 5.32 Å². The molecule has 35 heavy (non-hydrogen) atoms. The number of halogens is 3. The standard InChI is InChI=1S/C23H19Cl3N6O3/c1-13-21(32(34)35)14(2)31(28-13)11-15-4-3-5-17(8-15)23(33)27-22-20(26)12-30(29-22)10-16-6-7-18(24)19(25)9-16/h3-9,12H,10-11H2,1-2H3,(H,27,29,33). The second kappa shape index (κ2) is 10.1. The van der Waals surface area contributed by atoms with Crippen molar-refractivity contribution in [2.75, 3.05) is 5.32 Å². The van der Waals surface area contributed by atoms with Gasteiger partial charge >= 0.3 is 5.69 Å². The minimum absolute atomic E-state index is 0.00926. The molecule has 9 nitrogen and oxygen atoms in total. The molecule has 0 aliphatic heterocycles. The van der Waals surface area contributed by atoms with Crippen molar-refractivity contribution in [2.45, 2.75) is 26.9 Å². The Labute approximate surface area is 215 Å². The molecule has 1 amide bonds.